The van der Waals surface area contributed by atoms with Crippen molar-refractivity contribution in [2.24, 2.45) is 0 Å². The number of rotatable bonds is 8. The van der Waals surface area contributed by atoms with E-state index < -0.39 is 16.0 Å². The Labute approximate surface area is 178 Å². The fraction of sp³-hybridized carbons (Fsp3) is 0.364. The highest BCUT2D eigenvalue weighted by molar-refractivity contribution is 7.89. The van der Waals surface area contributed by atoms with Gasteiger partial charge >= 0.3 is 5.97 Å². The molecule has 0 saturated carbocycles. The average Bonchev–Trinajstić information content (AvgIpc) is 2.98. The summed E-state index contributed by atoms with van der Waals surface area (Å²) in [6.45, 7) is 6.75. The highest BCUT2D eigenvalue weighted by atomic mass is 32.2. The molecule has 2 rings (SSSR count). The lowest BCUT2D eigenvalue weighted by atomic mass is 10.1. The van der Waals surface area contributed by atoms with Crippen molar-refractivity contribution in [3.05, 3.63) is 58.4 Å². The number of nitrogens with zero attached hydrogens (tertiary/aromatic N) is 3. The summed E-state index contributed by atoms with van der Waals surface area (Å²) in [4.78, 5) is 12.5. The van der Waals surface area contributed by atoms with Crippen LogP contribution < -0.4 is 0 Å². The van der Waals surface area contributed by atoms with E-state index in [1.54, 1.807) is 12.1 Å². The van der Waals surface area contributed by atoms with Crippen molar-refractivity contribution in [2.45, 2.75) is 45.2 Å². The molecule has 0 amide bonds. The van der Waals surface area contributed by atoms with Gasteiger partial charge in [-0.1, -0.05) is 19.1 Å². The maximum atomic E-state index is 12.4. The summed E-state index contributed by atoms with van der Waals surface area (Å²) >= 11 is 0. The summed E-state index contributed by atoms with van der Waals surface area (Å²) in [6, 6.07) is 10.0. The van der Waals surface area contributed by atoms with Crippen LogP contribution in [0.15, 0.2) is 40.8 Å². The molecule has 160 valence electrons. The number of sulfonamides is 1. The SMILES string of the molecule is CCCn1c(C)cc(/C=C(\C#N)C(=O)OCc2cccc(S(=O)(=O)N(C)C)c2)c1C. The lowest BCUT2D eigenvalue weighted by Gasteiger charge is -2.12. The number of ether oxygens (including phenoxy) is 1. The van der Waals surface area contributed by atoms with E-state index in [0.29, 0.717) is 5.56 Å². The van der Waals surface area contributed by atoms with Gasteiger partial charge < -0.3 is 9.30 Å². The Bertz CT molecular complexity index is 1110. The van der Waals surface area contributed by atoms with Crippen LogP contribution in [0.2, 0.25) is 0 Å². The molecular formula is C22H27N3O4S. The van der Waals surface area contributed by atoms with Crippen molar-refractivity contribution in [2.75, 3.05) is 14.1 Å². The van der Waals surface area contributed by atoms with Crippen LogP contribution in [0.3, 0.4) is 0 Å². The van der Waals surface area contributed by atoms with Gasteiger partial charge in [0, 0.05) is 32.0 Å². The highest BCUT2D eigenvalue weighted by Gasteiger charge is 2.18. The smallest absolute Gasteiger partial charge is 0.349 e. The third kappa shape index (κ3) is 5.17. The third-order valence-electron chi connectivity index (χ3n) is 4.75. The zero-order chi connectivity index (χ0) is 22.5. The molecule has 0 atom stereocenters. The Morgan fingerprint density at radius 2 is 1.97 bits per heavy atom. The number of carbonyl (C=O) groups is 1. The van der Waals surface area contributed by atoms with Crippen LogP contribution >= 0.6 is 0 Å². The summed E-state index contributed by atoms with van der Waals surface area (Å²) in [5.41, 5.74) is 3.25. The maximum Gasteiger partial charge on any atom is 0.349 e. The standard InChI is InChI=1S/C22H27N3O4S/c1-6-10-25-16(2)11-19(17(25)3)13-20(14-23)22(26)29-15-18-8-7-9-21(12-18)30(27,28)24(4)5/h7-9,11-13H,6,10,15H2,1-5H3/b20-13+. The molecule has 8 heteroatoms. The first-order valence-corrected chi connectivity index (χ1v) is 11.0. The molecule has 30 heavy (non-hydrogen) atoms. The zero-order valence-corrected chi connectivity index (χ0v) is 18.8. The van der Waals surface area contributed by atoms with Gasteiger partial charge in [-0.05, 0) is 55.7 Å². The van der Waals surface area contributed by atoms with Crippen LogP contribution in [-0.4, -0.2) is 37.4 Å². The minimum absolute atomic E-state index is 0.108. The van der Waals surface area contributed by atoms with Gasteiger partial charge in [-0.25, -0.2) is 17.5 Å². The van der Waals surface area contributed by atoms with E-state index in [2.05, 4.69) is 11.5 Å². The average molecular weight is 430 g/mol. The molecule has 0 spiro atoms. The second kappa shape index (κ2) is 9.74. The number of carbonyl (C=O) groups excluding carboxylic acids is 1. The van der Waals surface area contributed by atoms with Gasteiger partial charge in [-0.2, -0.15) is 5.26 Å². The molecule has 2 aromatic rings. The van der Waals surface area contributed by atoms with Crippen LogP contribution in [-0.2, 0) is 32.7 Å². The molecule has 1 heterocycles. The number of aryl methyl sites for hydroxylation is 1. The van der Waals surface area contributed by atoms with Crippen LogP contribution in [0.4, 0.5) is 0 Å². The second-order valence-corrected chi connectivity index (χ2v) is 9.31. The first kappa shape index (κ1) is 23.4. The molecular weight excluding hydrogens is 402 g/mol. The lowest BCUT2D eigenvalue weighted by Crippen LogP contribution is -2.22. The summed E-state index contributed by atoms with van der Waals surface area (Å²) in [7, 11) is -0.688. The van der Waals surface area contributed by atoms with Gasteiger partial charge in [0.2, 0.25) is 10.0 Å². The molecule has 0 bridgehead atoms. The molecule has 0 N–H and O–H groups in total. The van der Waals surface area contributed by atoms with E-state index in [1.807, 2.05) is 26.0 Å². The number of benzene rings is 1. The number of esters is 1. The molecule has 7 nitrogen and oxygen atoms in total. The number of hydrogen-bond acceptors (Lipinski definition) is 5. The molecule has 0 aliphatic heterocycles. The van der Waals surface area contributed by atoms with Gasteiger partial charge in [0.25, 0.3) is 0 Å². The lowest BCUT2D eigenvalue weighted by molar-refractivity contribution is -0.139. The second-order valence-electron chi connectivity index (χ2n) is 7.16. The maximum absolute atomic E-state index is 12.4. The fourth-order valence-electron chi connectivity index (χ4n) is 3.07. The molecule has 1 aromatic carbocycles. The van der Waals surface area contributed by atoms with Crippen molar-refractivity contribution >= 4 is 22.1 Å². The number of aromatic nitrogens is 1. The van der Waals surface area contributed by atoms with Gasteiger partial charge in [-0.3, -0.25) is 0 Å². The van der Waals surface area contributed by atoms with E-state index in [0.717, 1.165) is 34.2 Å². The van der Waals surface area contributed by atoms with Crippen molar-refractivity contribution in [3.8, 4) is 6.07 Å². The summed E-state index contributed by atoms with van der Waals surface area (Å²) in [5.74, 6) is -0.751. The third-order valence-corrected chi connectivity index (χ3v) is 6.56. The van der Waals surface area contributed by atoms with Gasteiger partial charge in [0.15, 0.2) is 0 Å². The normalized spacial score (nSPS) is 12.1. The molecule has 0 aliphatic rings. The fourth-order valence-corrected chi connectivity index (χ4v) is 4.04. The largest absolute Gasteiger partial charge is 0.457 e. The Morgan fingerprint density at radius 3 is 2.57 bits per heavy atom. The molecule has 0 fully saturated rings. The van der Waals surface area contributed by atoms with Crippen molar-refractivity contribution in [1.82, 2.24) is 8.87 Å². The Kier molecular flexibility index (Phi) is 7.59. The molecule has 0 unspecified atom stereocenters. The van der Waals surface area contributed by atoms with E-state index >= 15 is 0 Å². The van der Waals surface area contributed by atoms with E-state index in [1.165, 1.54) is 32.3 Å². The van der Waals surface area contributed by atoms with E-state index in [-0.39, 0.29) is 17.1 Å². The van der Waals surface area contributed by atoms with Crippen LogP contribution in [0.1, 0.15) is 35.9 Å². The van der Waals surface area contributed by atoms with Gasteiger partial charge in [-0.15, -0.1) is 0 Å². The summed E-state index contributed by atoms with van der Waals surface area (Å²) in [5, 5.41) is 9.43. The van der Waals surface area contributed by atoms with Crippen molar-refractivity contribution in [1.29, 1.82) is 5.26 Å². The van der Waals surface area contributed by atoms with Crippen molar-refractivity contribution < 1.29 is 17.9 Å². The molecule has 0 radical (unpaired) electrons. The Balaban J connectivity index is 2.19. The highest BCUT2D eigenvalue weighted by Crippen LogP contribution is 2.20. The summed E-state index contributed by atoms with van der Waals surface area (Å²) < 4.78 is 33.0. The zero-order valence-electron chi connectivity index (χ0n) is 18.0. The first-order chi connectivity index (χ1) is 14.1. The monoisotopic (exact) mass is 429 g/mol. The molecule has 0 aliphatic carbocycles. The minimum atomic E-state index is -3.58. The van der Waals surface area contributed by atoms with E-state index in [4.69, 9.17) is 4.74 Å². The predicted molar refractivity (Wildman–Crippen MR) is 115 cm³/mol. The molecule has 0 saturated heterocycles. The van der Waals surface area contributed by atoms with Crippen LogP contribution in [0, 0.1) is 25.2 Å². The Hall–Kier alpha value is -2.89. The van der Waals surface area contributed by atoms with Gasteiger partial charge in [0.05, 0.1) is 4.90 Å². The quantitative estimate of drug-likeness (QED) is 0.364. The number of nitriles is 1. The van der Waals surface area contributed by atoms with Crippen LogP contribution in [0.5, 0.6) is 0 Å². The topological polar surface area (TPSA) is 92.4 Å². The Morgan fingerprint density at radius 1 is 1.27 bits per heavy atom. The first-order valence-electron chi connectivity index (χ1n) is 9.59. The minimum Gasteiger partial charge on any atom is -0.457 e. The molecule has 1 aromatic heterocycles. The summed E-state index contributed by atoms with van der Waals surface area (Å²) in [6.07, 6.45) is 2.51. The van der Waals surface area contributed by atoms with Crippen LogP contribution in [0.25, 0.3) is 6.08 Å². The van der Waals surface area contributed by atoms with E-state index in [9.17, 15) is 18.5 Å². The van der Waals surface area contributed by atoms with Gasteiger partial charge in [0.1, 0.15) is 18.2 Å². The van der Waals surface area contributed by atoms with Crippen molar-refractivity contribution in [3.63, 3.8) is 0 Å². The number of hydrogen-bond donors (Lipinski definition) is 0. The predicted octanol–water partition coefficient (Wildman–Crippen LogP) is 3.42.